The van der Waals surface area contributed by atoms with Gasteiger partial charge in [0, 0.05) is 11.6 Å². The van der Waals surface area contributed by atoms with Gasteiger partial charge < -0.3 is 19.5 Å². The minimum atomic E-state index is -0.722. The summed E-state index contributed by atoms with van der Waals surface area (Å²) in [6.45, 7) is 5.90. The summed E-state index contributed by atoms with van der Waals surface area (Å²) in [5.74, 6) is 6.61. The van der Waals surface area contributed by atoms with E-state index in [4.69, 9.17) is 14.2 Å². The van der Waals surface area contributed by atoms with Crippen LogP contribution in [0, 0.1) is 18.8 Å². The van der Waals surface area contributed by atoms with Crippen LogP contribution >= 0.6 is 0 Å². The van der Waals surface area contributed by atoms with Crippen LogP contribution in [0.2, 0.25) is 0 Å². The van der Waals surface area contributed by atoms with Gasteiger partial charge in [-0.2, -0.15) is 0 Å². The molecule has 8 nitrogen and oxygen atoms in total. The van der Waals surface area contributed by atoms with E-state index in [2.05, 4.69) is 45.1 Å². The number of hydrogen-bond donors (Lipinski definition) is 1. The van der Waals surface area contributed by atoms with Gasteiger partial charge in [0.1, 0.15) is 24.6 Å². The number of ether oxygens (including phenoxy) is 3. The quantitative estimate of drug-likeness (QED) is 0.594. The lowest BCUT2D eigenvalue weighted by Crippen LogP contribution is -2.28. The Labute approximate surface area is 199 Å². The molecule has 0 radical (unpaired) electrons. The van der Waals surface area contributed by atoms with Gasteiger partial charge in [0.2, 0.25) is 0 Å². The Morgan fingerprint density at radius 3 is 2.68 bits per heavy atom. The summed E-state index contributed by atoms with van der Waals surface area (Å²) >= 11 is 0. The predicted molar refractivity (Wildman–Crippen MR) is 127 cm³/mol. The zero-order valence-electron chi connectivity index (χ0n) is 19.7. The molecular weight excluding hydrogens is 430 g/mol. The number of benzene rings is 1. The van der Waals surface area contributed by atoms with Gasteiger partial charge in [0.15, 0.2) is 29.0 Å². The van der Waals surface area contributed by atoms with Crippen molar-refractivity contribution in [2.24, 2.45) is 0 Å². The fourth-order valence-electron chi connectivity index (χ4n) is 5.19. The van der Waals surface area contributed by atoms with Crippen molar-refractivity contribution in [1.82, 2.24) is 19.5 Å². The molecule has 0 bridgehead atoms. The van der Waals surface area contributed by atoms with Gasteiger partial charge in [-0.1, -0.05) is 42.9 Å². The smallest absolute Gasteiger partial charge is 0.167 e. The predicted octanol–water partition coefficient (Wildman–Crippen LogP) is 3.96. The highest BCUT2D eigenvalue weighted by Gasteiger charge is 2.56. The Balaban J connectivity index is 1.33. The average Bonchev–Trinajstić information content (AvgIpc) is 3.58. The summed E-state index contributed by atoms with van der Waals surface area (Å²) in [6.07, 6.45) is 6.61. The molecule has 6 rings (SSSR count). The maximum absolute atomic E-state index is 6.43. The number of aryl methyl sites for hydroxylation is 1. The van der Waals surface area contributed by atoms with Crippen LogP contribution in [0.5, 0.6) is 0 Å². The van der Waals surface area contributed by atoms with E-state index in [9.17, 15) is 0 Å². The SMILES string of the molecule is Cc1ccccc1C#C[C@H]1O[C@@H](n2cnc3c(NC4CCCC4)ncnc32)[C@H]2OC(C)(C)O[C@@H]21. The number of anilines is 1. The van der Waals surface area contributed by atoms with Crippen molar-refractivity contribution in [1.29, 1.82) is 0 Å². The molecule has 0 amide bonds. The Bertz CT molecular complexity index is 1270. The zero-order chi connectivity index (χ0) is 23.3. The van der Waals surface area contributed by atoms with Crippen molar-refractivity contribution in [3.8, 4) is 11.8 Å². The van der Waals surface area contributed by atoms with Crippen LogP contribution in [0.25, 0.3) is 11.2 Å². The number of nitrogens with one attached hydrogen (secondary N) is 1. The molecular formula is C26H29N5O3. The summed E-state index contributed by atoms with van der Waals surface area (Å²) in [6, 6.07) is 8.50. The Kier molecular flexibility index (Phi) is 5.29. The second kappa shape index (κ2) is 8.35. The van der Waals surface area contributed by atoms with Crippen molar-refractivity contribution < 1.29 is 14.2 Å². The third-order valence-electron chi connectivity index (χ3n) is 6.85. The van der Waals surface area contributed by atoms with E-state index < -0.39 is 18.1 Å². The van der Waals surface area contributed by atoms with Crippen molar-refractivity contribution in [3.63, 3.8) is 0 Å². The van der Waals surface area contributed by atoms with Crippen LogP contribution in [0.4, 0.5) is 5.82 Å². The highest BCUT2D eigenvalue weighted by molar-refractivity contribution is 5.82. The van der Waals surface area contributed by atoms with Crippen molar-refractivity contribution in [2.45, 2.75) is 82.8 Å². The lowest BCUT2D eigenvalue weighted by Gasteiger charge is -2.23. The first-order chi connectivity index (χ1) is 16.5. The average molecular weight is 460 g/mol. The Morgan fingerprint density at radius 1 is 1.06 bits per heavy atom. The molecule has 1 N–H and O–H groups in total. The number of imidazole rings is 1. The number of fused-ring (bicyclic) bond motifs is 2. The van der Waals surface area contributed by atoms with E-state index in [1.54, 1.807) is 12.7 Å². The molecule has 4 atom stereocenters. The standard InChI is InChI=1S/C26H29N5O3/c1-16-8-4-5-9-17(16)12-13-19-21-22(34-26(2,3)33-21)25(32-19)31-15-29-20-23(27-14-28-24(20)31)30-18-10-6-7-11-18/h4-5,8-9,14-15,18-19,21-22,25H,6-7,10-11H2,1-3H3,(H,27,28,30)/t19-,21-,22+,25-/m1/s1. The Morgan fingerprint density at radius 2 is 1.85 bits per heavy atom. The third kappa shape index (κ3) is 3.84. The lowest BCUT2D eigenvalue weighted by molar-refractivity contribution is -0.190. The molecule has 2 aliphatic heterocycles. The van der Waals surface area contributed by atoms with E-state index in [1.807, 2.05) is 36.6 Å². The molecule has 1 saturated carbocycles. The van der Waals surface area contributed by atoms with E-state index >= 15 is 0 Å². The topological polar surface area (TPSA) is 83.3 Å². The van der Waals surface area contributed by atoms with Crippen molar-refractivity contribution >= 4 is 17.0 Å². The minimum absolute atomic E-state index is 0.313. The van der Waals surface area contributed by atoms with Gasteiger partial charge in [-0.05, 0) is 45.2 Å². The van der Waals surface area contributed by atoms with Gasteiger partial charge in [-0.3, -0.25) is 4.57 Å². The summed E-state index contributed by atoms with van der Waals surface area (Å²) < 4.78 is 20.9. The number of aromatic nitrogens is 4. The number of hydrogen-bond acceptors (Lipinski definition) is 7. The van der Waals surface area contributed by atoms with Crippen LogP contribution in [0.15, 0.2) is 36.9 Å². The first-order valence-corrected chi connectivity index (χ1v) is 12.0. The summed E-state index contributed by atoms with van der Waals surface area (Å²) in [7, 11) is 0. The molecule has 1 aliphatic carbocycles. The van der Waals surface area contributed by atoms with E-state index in [0.717, 1.165) is 35.3 Å². The van der Waals surface area contributed by atoms with Gasteiger partial charge in [-0.25, -0.2) is 15.0 Å². The van der Waals surface area contributed by atoms with Crippen LogP contribution < -0.4 is 5.32 Å². The second-order valence-electron chi connectivity index (χ2n) is 9.77. The maximum atomic E-state index is 6.43. The molecule has 3 fully saturated rings. The first-order valence-electron chi connectivity index (χ1n) is 12.0. The number of nitrogens with zero attached hydrogens (tertiary/aromatic N) is 4. The molecule has 2 saturated heterocycles. The highest BCUT2D eigenvalue weighted by Crippen LogP contribution is 2.43. The molecule has 4 heterocycles. The first kappa shape index (κ1) is 21.5. The van der Waals surface area contributed by atoms with Crippen LogP contribution in [-0.4, -0.2) is 49.7 Å². The molecule has 3 aromatic rings. The fraction of sp³-hybridized carbons (Fsp3) is 0.500. The van der Waals surface area contributed by atoms with Crippen molar-refractivity contribution in [2.75, 3.05) is 5.32 Å². The molecule has 176 valence electrons. The molecule has 8 heteroatoms. The van der Waals surface area contributed by atoms with Crippen LogP contribution in [0.3, 0.4) is 0 Å². The van der Waals surface area contributed by atoms with Gasteiger partial charge in [0.25, 0.3) is 0 Å². The molecule has 34 heavy (non-hydrogen) atoms. The molecule has 0 unspecified atom stereocenters. The monoisotopic (exact) mass is 459 g/mol. The van der Waals surface area contributed by atoms with Gasteiger partial charge >= 0.3 is 0 Å². The second-order valence-corrected chi connectivity index (χ2v) is 9.77. The number of rotatable bonds is 3. The molecule has 0 spiro atoms. The third-order valence-corrected chi connectivity index (χ3v) is 6.85. The normalized spacial score (nSPS) is 28.1. The van der Waals surface area contributed by atoms with Gasteiger partial charge in [-0.15, -0.1) is 0 Å². The van der Waals surface area contributed by atoms with Crippen LogP contribution in [0.1, 0.15) is 56.9 Å². The molecule has 3 aliphatic rings. The Hall–Kier alpha value is -2.99. The largest absolute Gasteiger partial charge is 0.365 e. The highest BCUT2D eigenvalue weighted by atomic mass is 16.8. The maximum Gasteiger partial charge on any atom is 0.167 e. The summed E-state index contributed by atoms with van der Waals surface area (Å²) in [5.41, 5.74) is 3.56. The van der Waals surface area contributed by atoms with E-state index in [1.165, 1.54) is 12.8 Å². The fourth-order valence-corrected chi connectivity index (χ4v) is 5.19. The van der Waals surface area contributed by atoms with Crippen molar-refractivity contribution in [3.05, 3.63) is 48.0 Å². The van der Waals surface area contributed by atoms with E-state index in [0.29, 0.717) is 11.7 Å². The zero-order valence-corrected chi connectivity index (χ0v) is 19.7. The summed E-state index contributed by atoms with van der Waals surface area (Å²) in [4.78, 5) is 13.7. The minimum Gasteiger partial charge on any atom is -0.365 e. The lowest BCUT2D eigenvalue weighted by atomic mass is 10.1. The van der Waals surface area contributed by atoms with E-state index in [-0.39, 0.29) is 12.2 Å². The van der Waals surface area contributed by atoms with Crippen LogP contribution in [-0.2, 0) is 14.2 Å². The molecule has 2 aromatic heterocycles. The summed E-state index contributed by atoms with van der Waals surface area (Å²) in [5, 5.41) is 3.55. The van der Waals surface area contributed by atoms with Gasteiger partial charge in [0.05, 0.1) is 6.33 Å². The molecule has 1 aromatic carbocycles.